The maximum atomic E-state index is 6.25. The van der Waals surface area contributed by atoms with Gasteiger partial charge in [-0.2, -0.15) is 0 Å². The van der Waals surface area contributed by atoms with Gasteiger partial charge >= 0.3 is 0 Å². The van der Waals surface area contributed by atoms with E-state index < -0.39 is 0 Å². The predicted octanol–water partition coefficient (Wildman–Crippen LogP) is 10.4. The van der Waals surface area contributed by atoms with Gasteiger partial charge in [0.1, 0.15) is 36.4 Å². The summed E-state index contributed by atoms with van der Waals surface area (Å²) in [6.45, 7) is 1.11. The summed E-state index contributed by atoms with van der Waals surface area (Å²) >= 11 is 0. The van der Waals surface area contributed by atoms with Gasteiger partial charge in [-0.1, -0.05) is 85.6 Å². The third-order valence-corrected chi connectivity index (χ3v) is 11.0. The predicted molar refractivity (Wildman–Crippen MR) is 200 cm³/mol. The molecule has 254 valence electrons. The number of unbranched alkanes of at least 4 members (excludes halogenated alkanes) is 1. The number of nitrogens with zero attached hydrogens (tertiary/aromatic N) is 3. The van der Waals surface area contributed by atoms with Crippen molar-refractivity contribution in [3.8, 4) is 11.5 Å². The summed E-state index contributed by atoms with van der Waals surface area (Å²) in [5.74, 6) is 5.52. The number of fused-ring (bicyclic) bond motifs is 1. The summed E-state index contributed by atoms with van der Waals surface area (Å²) in [6.07, 6.45) is 14.1. The first kappa shape index (κ1) is 33.1. The van der Waals surface area contributed by atoms with E-state index in [1.54, 1.807) is 0 Å². The number of para-hydroxylation sites is 1. The summed E-state index contributed by atoms with van der Waals surface area (Å²) < 4.78 is 12.5. The van der Waals surface area contributed by atoms with Crippen LogP contribution in [0.5, 0.6) is 11.5 Å². The van der Waals surface area contributed by atoms with Gasteiger partial charge in [-0.3, -0.25) is 0 Å². The monoisotopic (exact) mass is 653 g/mol. The summed E-state index contributed by atoms with van der Waals surface area (Å²) in [7, 11) is 4.15. The van der Waals surface area contributed by atoms with Crippen LogP contribution in [0.3, 0.4) is 0 Å². The van der Waals surface area contributed by atoms with Crippen molar-refractivity contribution in [1.29, 1.82) is 0 Å². The minimum atomic E-state index is 0.557. The lowest BCUT2D eigenvalue weighted by atomic mass is 9.76. The number of anilines is 1. The van der Waals surface area contributed by atoms with E-state index in [1.807, 2.05) is 18.2 Å². The van der Waals surface area contributed by atoms with Gasteiger partial charge in [0.2, 0.25) is 0 Å². The Morgan fingerprint density at radius 1 is 0.673 bits per heavy atom. The molecule has 1 aromatic heterocycles. The Balaban J connectivity index is 0.870. The van der Waals surface area contributed by atoms with E-state index in [9.17, 15) is 0 Å². The maximum Gasteiger partial charge on any atom is 0.139 e. The summed E-state index contributed by atoms with van der Waals surface area (Å²) in [5.41, 5.74) is 5.30. The molecule has 0 N–H and O–H groups in total. The number of ether oxygens (including phenoxy) is 2. The van der Waals surface area contributed by atoms with Gasteiger partial charge in [0.15, 0.2) is 0 Å². The molecule has 4 aromatic carbocycles. The van der Waals surface area contributed by atoms with Gasteiger partial charge in [0, 0.05) is 32.0 Å². The molecule has 2 fully saturated rings. The van der Waals surface area contributed by atoms with Crippen LogP contribution in [-0.2, 0) is 26.1 Å². The first-order valence-corrected chi connectivity index (χ1v) is 18.4. The average molecular weight is 654 g/mol. The molecule has 49 heavy (non-hydrogen) atoms. The second-order valence-electron chi connectivity index (χ2n) is 14.7. The Morgan fingerprint density at radius 3 is 1.96 bits per heavy atom. The van der Waals surface area contributed by atoms with Gasteiger partial charge in [0.05, 0.1) is 5.52 Å². The molecule has 0 aliphatic heterocycles. The molecule has 5 nitrogen and oxygen atoms in total. The summed E-state index contributed by atoms with van der Waals surface area (Å²) in [6, 6.07) is 35.6. The number of aryl methyl sites for hydroxylation is 2. The number of aromatic nitrogens is 2. The van der Waals surface area contributed by atoms with Crippen LogP contribution in [-0.4, -0.2) is 24.1 Å². The zero-order chi connectivity index (χ0) is 33.5. The standard InChI is InChI=1S/C44H51N3O2/c1-47(2)43-40-19-11-12-20-41(40)45-42(46-43)22-21-37-30-44(37)25-23-33(24-26-44)13-9-10-18-36-27-38(48-31-34-14-5-3-6-15-34)29-39(28-36)49-32-35-16-7-4-8-17-35/h3-8,11-12,14-17,19-20,27-29,33,37H,9-10,13,18,21-26,30-32H2,1-2H3. The Morgan fingerprint density at radius 2 is 1.31 bits per heavy atom. The molecule has 2 saturated carbocycles. The fourth-order valence-electron chi connectivity index (χ4n) is 8.04. The summed E-state index contributed by atoms with van der Waals surface area (Å²) in [4.78, 5) is 12.0. The quantitative estimate of drug-likeness (QED) is 0.105. The summed E-state index contributed by atoms with van der Waals surface area (Å²) in [5, 5.41) is 1.14. The molecule has 5 aromatic rings. The third-order valence-electron chi connectivity index (χ3n) is 11.0. The molecule has 7 rings (SSSR count). The largest absolute Gasteiger partial charge is 0.489 e. The molecule has 2 aliphatic rings. The molecule has 1 atom stereocenters. The molecule has 1 unspecified atom stereocenters. The van der Waals surface area contributed by atoms with Crippen LogP contribution in [0.2, 0.25) is 0 Å². The fraction of sp³-hybridized carbons (Fsp3) is 0.409. The molecular formula is C44H51N3O2. The lowest BCUT2D eigenvalue weighted by Gasteiger charge is -2.29. The SMILES string of the molecule is CN(C)c1nc(CCC2CC23CCC(CCCCc2cc(OCc4ccccc4)cc(OCc4ccccc4)c2)CC3)nc2ccccc12. The van der Waals surface area contributed by atoms with Crippen molar-refractivity contribution in [1.82, 2.24) is 9.97 Å². The lowest BCUT2D eigenvalue weighted by Crippen LogP contribution is -2.17. The van der Waals surface area contributed by atoms with E-state index in [4.69, 9.17) is 19.4 Å². The molecule has 1 spiro atoms. The van der Waals surface area contributed by atoms with Crippen LogP contribution in [0, 0.1) is 17.3 Å². The van der Waals surface area contributed by atoms with Crippen molar-refractivity contribution in [3.63, 3.8) is 0 Å². The number of rotatable bonds is 15. The van der Waals surface area contributed by atoms with Crippen molar-refractivity contribution in [2.24, 2.45) is 17.3 Å². The Hall–Kier alpha value is -4.38. The Bertz CT molecular complexity index is 1740. The number of hydrogen-bond acceptors (Lipinski definition) is 5. The van der Waals surface area contributed by atoms with Crippen LogP contribution in [0.1, 0.15) is 80.3 Å². The molecule has 5 heteroatoms. The molecule has 1 heterocycles. The highest BCUT2D eigenvalue weighted by Gasteiger charge is 2.53. The van der Waals surface area contributed by atoms with Crippen molar-refractivity contribution < 1.29 is 9.47 Å². The van der Waals surface area contributed by atoms with Gasteiger partial charge in [-0.05, 0) is 110 Å². The minimum Gasteiger partial charge on any atom is -0.489 e. The van der Waals surface area contributed by atoms with Crippen LogP contribution in [0.15, 0.2) is 103 Å². The van der Waals surface area contributed by atoms with Crippen molar-refractivity contribution >= 4 is 16.7 Å². The van der Waals surface area contributed by atoms with Crippen LogP contribution in [0.4, 0.5) is 5.82 Å². The second-order valence-corrected chi connectivity index (χ2v) is 14.7. The molecule has 2 aliphatic carbocycles. The topological polar surface area (TPSA) is 47.5 Å². The van der Waals surface area contributed by atoms with E-state index >= 15 is 0 Å². The zero-order valence-electron chi connectivity index (χ0n) is 29.3. The van der Waals surface area contributed by atoms with Crippen molar-refractivity contribution in [3.05, 3.63) is 126 Å². The van der Waals surface area contributed by atoms with Crippen LogP contribution < -0.4 is 14.4 Å². The lowest BCUT2D eigenvalue weighted by molar-refractivity contribution is 0.224. The van der Waals surface area contributed by atoms with Gasteiger partial charge in [-0.15, -0.1) is 0 Å². The third kappa shape index (κ3) is 8.62. The van der Waals surface area contributed by atoms with Crippen molar-refractivity contribution in [2.75, 3.05) is 19.0 Å². The molecule has 0 bridgehead atoms. The average Bonchev–Trinajstić information content (AvgIpc) is 3.82. The first-order valence-electron chi connectivity index (χ1n) is 18.4. The van der Waals surface area contributed by atoms with Crippen LogP contribution in [0.25, 0.3) is 10.9 Å². The first-order chi connectivity index (χ1) is 24.0. The minimum absolute atomic E-state index is 0.557. The molecule has 0 amide bonds. The van der Waals surface area contributed by atoms with E-state index in [0.717, 1.165) is 58.7 Å². The normalized spacial score (nSPS) is 20.0. The number of benzene rings is 4. The van der Waals surface area contributed by atoms with E-state index in [1.165, 1.54) is 74.5 Å². The van der Waals surface area contributed by atoms with E-state index in [2.05, 4.69) is 104 Å². The molecular weight excluding hydrogens is 603 g/mol. The Labute approximate surface area is 292 Å². The number of hydrogen-bond donors (Lipinski definition) is 0. The smallest absolute Gasteiger partial charge is 0.139 e. The van der Waals surface area contributed by atoms with Gasteiger partial charge < -0.3 is 14.4 Å². The fourth-order valence-corrected chi connectivity index (χ4v) is 8.04. The van der Waals surface area contributed by atoms with E-state index in [-0.39, 0.29) is 0 Å². The maximum absolute atomic E-state index is 6.25. The van der Waals surface area contributed by atoms with Crippen LogP contribution >= 0.6 is 0 Å². The highest BCUT2D eigenvalue weighted by atomic mass is 16.5. The van der Waals surface area contributed by atoms with E-state index in [0.29, 0.717) is 18.6 Å². The molecule has 0 saturated heterocycles. The van der Waals surface area contributed by atoms with Gasteiger partial charge in [-0.25, -0.2) is 9.97 Å². The van der Waals surface area contributed by atoms with Gasteiger partial charge in [0.25, 0.3) is 0 Å². The zero-order valence-corrected chi connectivity index (χ0v) is 29.3. The molecule has 0 radical (unpaired) electrons. The Kier molecular flexibility index (Phi) is 10.4. The highest BCUT2D eigenvalue weighted by molar-refractivity contribution is 5.89. The highest BCUT2D eigenvalue weighted by Crippen LogP contribution is 2.64. The second kappa shape index (κ2) is 15.4. The van der Waals surface area contributed by atoms with Crippen molar-refractivity contribution in [2.45, 2.75) is 83.8 Å².